The molecule has 9 nitrogen and oxygen atoms in total. The molecule has 0 amide bonds. The summed E-state index contributed by atoms with van der Waals surface area (Å²) in [5, 5.41) is 13.6. The highest BCUT2D eigenvalue weighted by Crippen LogP contribution is 2.32. The van der Waals surface area contributed by atoms with E-state index < -0.39 is 10.0 Å². The van der Waals surface area contributed by atoms with Crippen molar-refractivity contribution < 1.29 is 17.7 Å². The smallest absolute Gasteiger partial charge is 0.243 e. The zero-order valence-corrected chi connectivity index (χ0v) is 21.5. The summed E-state index contributed by atoms with van der Waals surface area (Å²) in [7, 11) is -1.94. The molecular formula is C22H31N5O4S2. The quantitative estimate of drug-likeness (QED) is 0.368. The van der Waals surface area contributed by atoms with Crippen molar-refractivity contribution in [2.24, 2.45) is 0 Å². The average Bonchev–Trinajstić information content (AvgIpc) is 3.36. The van der Waals surface area contributed by atoms with Gasteiger partial charge in [-0.3, -0.25) is 4.57 Å². The van der Waals surface area contributed by atoms with Gasteiger partial charge in [-0.05, 0) is 32.9 Å². The Bertz CT molecular complexity index is 1170. The molecule has 2 aromatic heterocycles. The third kappa shape index (κ3) is 5.32. The summed E-state index contributed by atoms with van der Waals surface area (Å²) in [6.07, 6.45) is 0. The van der Waals surface area contributed by atoms with Crippen molar-refractivity contribution in [3.63, 3.8) is 0 Å². The Balaban J connectivity index is 2.01. The molecule has 0 aliphatic carbocycles. The molecule has 33 heavy (non-hydrogen) atoms. The zero-order chi connectivity index (χ0) is 24.2. The minimum Gasteiger partial charge on any atom is -0.383 e. The molecule has 11 heteroatoms. The highest BCUT2D eigenvalue weighted by atomic mass is 32.2. The summed E-state index contributed by atoms with van der Waals surface area (Å²) in [6.45, 7) is 10.8. The molecule has 0 bridgehead atoms. The van der Waals surface area contributed by atoms with Gasteiger partial charge in [-0.15, -0.1) is 10.2 Å². The molecule has 180 valence electrons. The Kier molecular flexibility index (Phi) is 8.33. The number of rotatable bonds is 11. The summed E-state index contributed by atoms with van der Waals surface area (Å²) in [4.78, 5) is 0.238. The normalized spacial score (nSPS) is 13.1. The first-order chi connectivity index (χ1) is 15.7. The number of ether oxygens (including phenoxy) is 1. The van der Waals surface area contributed by atoms with Crippen molar-refractivity contribution in [3.05, 3.63) is 41.3 Å². The van der Waals surface area contributed by atoms with Gasteiger partial charge in [0.1, 0.15) is 5.76 Å². The van der Waals surface area contributed by atoms with Gasteiger partial charge in [-0.1, -0.05) is 42.9 Å². The van der Waals surface area contributed by atoms with Gasteiger partial charge in [-0.25, -0.2) is 8.42 Å². The third-order valence-electron chi connectivity index (χ3n) is 5.48. The number of aryl methyl sites for hydroxylation is 2. The number of aromatic nitrogens is 4. The van der Waals surface area contributed by atoms with Gasteiger partial charge in [0.15, 0.2) is 11.0 Å². The second-order valence-corrected chi connectivity index (χ2v) is 10.6. The van der Waals surface area contributed by atoms with Crippen LogP contribution in [0, 0.1) is 13.8 Å². The van der Waals surface area contributed by atoms with Gasteiger partial charge in [0.2, 0.25) is 10.0 Å². The molecule has 3 aromatic rings. The van der Waals surface area contributed by atoms with E-state index in [1.165, 1.54) is 16.1 Å². The van der Waals surface area contributed by atoms with Crippen LogP contribution in [0.2, 0.25) is 0 Å². The van der Waals surface area contributed by atoms with Crippen molar-refractivity contribution in [1.82, 2.24) is 24.2 Å². The van der Waals surface area contributed by atoms with Crippen LogP contribution in [0.25, 0.3) is 11.4 Å². The summed E-state index contributed by atoms with van der Waals surface area (Å²) < 4.78 is 40.2. The van der Waals surface area contributed by atoms with Crippen molar-refractivity contribution in [2.75, 3.05) is 26.8 Å². The predicted molar refractivity (Wildman–Crippen MR) is 128 cm³/mol. The molecule has 2 heterocycles. The van der Waals surface area contributed by atoms with Crippen LogP contribution < -0.4 is 0 Å². The largest absolute Gasteiger partial charge is 0.383 e. The van der Waals surface area contributed by atoms with Gasteiger partial charge in [0.25, 0.3) is 0 Å². The van der Waals surface area contributed by atoms with Crippen LogP contribution in [0.5, 0.6) is 0 Å². The fourth-order valence-corrected chi connectivity index (χ4v) is 6.33. The molecule has 1 atom stereocenters. The Morgan fingerprint density at radius 3 is 2.55 bits per heavy atom. The van der Waals surface area contributed by atoms with E-state index in [9.17, 15) is 8.42 Å². The Hall–Kier alpha value is -2.21. The maximum atomic E-state index is 13.0. The van der Waals surface area contributed by atoms with Gasteiger partial charge in [-0.2, -0.15) is 4.31 Å². The minimum absolute atomic E-state index is 0.0600. The van der Waals surface area contributed by atoms with E-state index in [1.807, 2.05) is 45.3 Å². The number of benzene rings is 1. The molecule has 0 aliphatic rings. The second-order valence-electron chi connectivity index (χ2n) is 7.69. The average molecular weight is 494 g/mol. The number of thioether (sulfide) groups is 1. The van der Waals surface area contributed by atoms with Crippen LogP contribution in [-0.2, 0) is 20.5 Å². The lowest BCUT2D eigenvalue weighted by Gasteiger charge is -2.20. The van der Waals surface area contributed by atoms with E-state index in [0.29, 0.717) is 42.0 Å². The summed E-state index contributed by atoms with van der Waals surface area (Å²) in [5.41, 5.74) is 2.57. The number of hydrogen-bond donors (Lipinski definition) is 0. The molecule has 0 N–H and O–H groups in total. The first-order valence-corrected chi connectivity index (χ1v) is 13.3. The van der Waals surface area contributed by atoms with Crippen LogP contribution in [0.15, 0.2) is 38.8 Å². The van der Waals surface area contributed by atoms with Crippen molar-refractivity contribution in [2.45, 2.75) is 56.5 Å². The van der Waals surface area contributed by atoms with E-state index >= 15 is 0 Å². The SMILES string of the molecule is CCN(CC)S(=O)(=O)c1cccc(-c2nnc(SCc3c(C)noc3C)n2C(C)COC)c1. The lowest BCUT2D eigenvalue weighted by Crippen LogP contribution is -2.30. The maximum absolute atomic E-state index is 13.0. The van der Waals surface area contributed by atoms with E-state index in [-0.39, 0.29) is 10.9 Å². The maximum Gasteiger partial charge on any atom is 0.243 e. The first-order valence-electron chi connectivity index (χ1n) is 10.8. The standard InChI is InChI=1S/C22H31N5O4S2/c1-7-26(8-2)33(28,29)19-11-9-10-18(12-19)21-23-24-22(27(21)15(3)13-30-6)32-14-20-16(4)25-31-17(20)5/h9-12,15H,7-8,13-14H2,1-6H3. The van der Waals surface area contributed by atoms with Crippen LogP contribution in [0.3, 0.4) is 0 Å². The molecule has 0 saturated carbocycles. The van der Waals surface area contributed by atoms with Crippen molar-refractivity contribution >= 4 is 21.8 Å². The van der Waals surface area contributed by atoms with Crippen LogP contribution in [0.1, 0.15) is 43.8 Å². The van der Waals surface area contributed by atoms with Crippen molar-refractivity contribution in [3.8, 4) is 11.4 Å². The molecular weight excluding hydrogens is 462 g/mol. The minimum atomic E-state index is -3.59. The van der Waals surface area contributed by atoms with Gasteiger partial charge < -0.3 is 9.26 Å². The third-order valence-corrected chi connectivity index (χ3v) is 8.49. The topological polar surface area (TPSA) is 103 Å². The Morgan fingerprint density at radius 1 is 1.21 bits per heavy atom. The molecule has 0 aliphatic heterocycles. The highest BCUT2D eigenvalue weighted by Gasteiger charge is 2.24. The number of sulfonamides is 1. The van der Waals surface area contributed by atoms with Crippen LogP contribution in [0.4, 0.5) is 0 Å². The first kappa shape index (κ1) is 25.4. The Morgan fingerprint density at radius 2 is 1.94 bits per heavy atom. The molecule has 0 radical (unpaired) electrons. The van der Waals surface area contributed by atoms with Crippen LogP contribution >= 0.6 is 11.8 Å². The zero-order valence-electron chi connectivity index (χ0n) is 19.9. The molecule has 0 fully saturated rings. The number of nitrogens with zero attached hydrogens (tertiary/aromatic N) is 5. The predicted octanol–water partition coefficient (Wildman–Crippen LogP) is 4.08. The molecule has 1 unspecified atom stereocenters. The van der Waals surface area contributed by atoms with E-state index in [4.69, 9.17) is 9.26 Å². The van der Waals surface area contributed by atoms with E-state index in [1.54, 1.807) is 25.3 Å². The van der Waals surface area contributed by atoms with Crippen molar-refractivity contribution in [1.29, 1.82) is 0 Å². The fraction of sp³-hybridized carbons (Fsp3) is 0.500. The van der Waals surface area contributed by atoms with Crippen LogP contribution in [-0.4, -0.2) is 59.5 Å². The lowest BCUT2D eigenvalue weighted by molar-refractivity contribution is 0.159. The molecule has 3 rings (SSSR count). The second kappa shape index (κ2) is 10.8. The summed E-state index contributed by atoms with van der Waals surface area (Å²) >= 11 is 1.53. The number of methoxy groups -OCH3 is 1. The monoisotopic (exact) mass is 493 g/mol. The molecule has 1 aromatic carbocycles. The fourth-order valence-electron chi connectivity index (χ4n) is 3.64. The highest BCUT2D eigenvalue weighted by molar-refractivity contribution is 7.98. The number of hydrogen-bond acceptors (Lipinski definition) is 8. The summed E-state index contributed by atoms with van der Waals surface area (Å²) in [6, 6.07) is 6.81. The summed E-state index contributed by atoms with van der Waals surface area (Å²) in [5.74, 6) is 2.01. The van der Waals surface area contributed by atoms with Gasteiger partial charge >= 0.3 is 0 Å². The van der Waals surface area contributed by atoms with E-state index in [2.05, 4.69) is 15.4 Å². The lowest BCUT2D eigenvalue weighted by atomic mass is 10.2. The Labute approximate surface area is 199 Å². The molecule has 0 saturated heterocycles. The van der Waals surface area contributed by atoms with E-state index in [0.717, 1.165) is 17.0 Å². The molecule has 0 spiro atoms. The van der Waals surface area contributed by atoms with Gasteiger partial charge in [0, 0.05) is 37.1 Å². The van der Waals surface area contributed by atoms with Gasteiger partial charge in [0.05, 0.1) is 23.2 Å².